The van der Waals surface area contributed by atoms with E-state index in [0.717, 1.165) is 10.6 Å². The zero-order valence-electron chi connectivity index (χ0n) is 11.6. The van der Waals surface area contributed by atoms with Crippen LogP contribution in [0.1, 0.15) is 5.56 Å². The van der Waals surface area contributed by atoms with Gasteiger partial charge in [0.15, 0.2) is 0 Å². The van der Waals surface area contributed by atoms with Gasteiger partial charge in [-0.3, -0.25) is 0 Å². The molecular formula is C15H16ClFN2OS. The quantitative estimate of drug-likeness (QED) is 0.620. The first kappa shape index (κ1) is 16.1. The fourth-order valence-electron chi connectivity index (χ4n) is 1.79. The van der Waals surface area contributed by atoms with Crippen molar-refractivity contribution in [3.63, 3.8) is 0 Å². The van der Waals surface area contributed by atoms with Crippen LogP contribution in [-0.4, -0.2) is 24.4 Å². The van der Waals surface area contributed by atoms with E-state index >= 15 is 0 Å². The Morgan fingerprint density at radius 2 is 2.24 bits per heavy atom. The Labute approximate surface area is 132 Å². The van der Waals surface area contributed by atoms with Crippen molar-refractivity contribution in [3.8, 4) is 5.75 Å². The van der Waals surface area contributed by atoms with Crippen LogP contribution in [0.5, 0.6) is 5.75 Å². The number of aromatic nitrogens is 1. The van der Waals surface area contributed by atoms with Gasteiger partial charge in [0, 0.05) is 25.4 Å². The molecule has 0 fully saturated rings. The van der Waals surface area contributed by atoms with Crippen LogP contribution in [0.4, 0.5) is 4.39 Å². The summed E-state index contributed by atoms with van der Waals surface area (Å²) in [6.45, 7) is 1.76. The fraction of sp³-hybridized carbons (Fsp3) is 0.267. The number of pyridine rings is 1. The maximum Gasteiger partial charge on any atom is 0.140 e. The number of nitrogens with one attached hydrogen (secondary N) is 1. The highest BCUT2D eigenvalue weighted by molar-refractivity contribution is 7.98. The molecule has 6 heteroatoms. The summed E-state index contributed by atoms with van der Waals surface area (Å²) in [5, 5.41) is 4.69. The highest BCUT2D eigenvalue weighted by Gasteiger charge is 2.04. The van der Waals surface area contributed by atoms with Crippen LogP contribution < -0.4 is 10.1 Å². The molecule has 1 heterocycles. The maximum absolute atomic E-state index is 13.1. The molecule has 0 spiro atoms. The fourth-order valence-corrected chi connectivity index (χ4v) is 2.53. The number of hydrogen-bond acceptors (Lipinski definition) is 4. The molecule has 0 unspecified atom stereocenters. The third-order valence-corrected chi connectivity index (χ3v) is 3.85. The molecule has 2 aromatic rings. The van der Waals surface area contributed by atoms with Crippen LogP contribution >= 0.6 is 23.4 Å². The van der Waals surface area contributed by atoms with Crippen molar-refractivity contribution in [3.05, 3.63) is 52.9 Å². The topological polar surface area (TPSA) is 34.2 Å². The minimum atomic E-state index is -0.359. The molecule has 0 saturated heterocycles. The van der Waals surface area contributed by atoms with Crippen molar-refractivity contribution in [2.45, 2.75) is 11.6 Å². The average Bonchev–Trinajstić information content (AvgIpc) is 2.50. The van der Waals surface area contributed by atoms with Gasteiger partial charge in [-0.05, 0) is 30.0 Å². The van der Waals surface area contributed by atoms with Crippen molar-refractivity contribution in [1.82, 2.24) is 10.3 Å². The molecule has 0 amide bonds. The van der Waals surface area contributed by atoms with Crippen LogP contribution in [-0.2, 0) is 6.54 Å². The number of thioether (sulfide) groups is 1. The maximum atomic E-state index is 13.1. The van der Waals surface area contributed by atoms with Gasteiger partial charge in [0.25, 0.3) is 0 Å². The van der Waals surface area contributed by atoms with E-state index in [-0.39, 0.29) is 5.82 Å². The van der Waals surface area contributed by atoms with Crippen molar-refractivity contribution in [2.24, 2.45) is 0 Å². The molecule has 21 heavy (non-hydrogen) atoms. The number of rotatable bonds is 7. The second kappa shape index (κ2) is 8.22. The molecule has 0 aliphatic rings. The van der Waals surface area contributed by atoms with E-state index in [1.54, 1.807) is 18.0 Å². The molecule has 2 rings (SSSR count). The predicted molar refractivity (Wildman–Crippen MR) is 84.6 cm³/mol. The summed E-state index contributed by atoms with van der Waals surface area (Å²) in [5.41, 5.74) is 1.15. The third kappa shape index (κ3) is 4.88. The van der Waals surface area contributed by atoms with Gasteiger partial charge in [-0.15, -0.1) is 11.8 Å². The molecule has 0 aliphatic carbocycles. The Hall–Kier alpha value is -1.30. The van der Waals surface area contributed by atoms with Crippen LogP contribution in [0.2, 0.25) is 5.02 Å². The van der Waals surface area contributed by atoms with Gasteiger partial charge in [0.1, 0.15) is 23.2 Å². The Morgan fingerprint density at radius 3 is 3.05 bits per heavy atom. The van der Waals surface area contributed by atoms with Crippen LogP contribution in [0.15, 0.2) is 41.6 Å². The van der Waals surface area contributed by atoms with Crippen molar-refractivity contribution in [1.29, 1.82) is 0 Å². The third-order valence-electron chi connectivity index (χ3n) is 2.79. The molecule has 112 valence electrons. The predicted octanol–water partition coefficient (Wildman–Crippen LogP) is 3.76. The lowest BCUT2D eigenvalue weighted by atomic mass is 10.3. The molecule has 0 atom stereocenters. The van der Waals surface area contributed by atoms with E-state index < -0.39 is 0 Å². The molecule has 1 aromatic carbocycles. The zero-order valence-corrected chi connectivity index (χ0v) is 13.2. The van der Waals surface area contributed by atoms with Gasteiger partial charge in [0.2, 0.25) is 0 Å². The Bertz CT molecular complexity index is 598. The monoisotopic (exact) mass is 326 g/mol. The molecule has 0 aliphatic heterocycles. The lowest BCUT2D eigenvalue weighted by Gasteiger charge is -2.10. The summed E-state index contributed by atoms with van der Waals surface area (Å²) in [4.78, 5) is 4.30. The first-order chi connectivity index (χ1) is 10.2. The second-order valence-corrected chi connectivity index (χ2v) is 5.47. The Kier molecular flexibility index (Phi) is 6.29. The zero-order chi connectivity index (χ0) is 15.1. The minimum Gasteiger partial charge on any atom is -0.491 e. The first-order valence-corrected chi connectivity index (χ1v) is 8.07. The van der Waals surface area contributed by atoms with Gasteiger partial charge in [-0.2, -0.15) is 0 Å². The van der Waals surface area contributed by atoms with E-state index in [0.29, 0.717) is 30.5 Å². The van der Waals surface area contributed by atoms with Crippen LogP contribution in [0, 0.1) is 5.82 Å². The van der Waals surface area contributed by atoms with Gasteiger partial charge >= 0.3 is 0 Å². The number of ether oxygens (including phenoxy) is 1. The second-order valence-electron chi connectivity index (χ2n) is 4.27. The standard InChI is InChI=1S/C15H16ClFN2OS/c1-21-15-11(3-2-6-19-15)10-18-7-8-20-14-9-12(17)4-5-13(14)16/h2-6,9,18H,7-8,10H2,1H3. The van der Waals surface area contributed by atoms with Crippen LogP contribution in [0.3, 0.4) is 0 Å². The first-order valence-electron chi connectivity index (χ1n) is 6.47. The number of benzene rings is 1. The normalized spacial score (nSPS) is 10.6. The highest BCUT2D eigenvalue weighted by Crippen LogP contribution is 2.24. The highest BCUT2D eigenvalue weighted by atomic mass is 35.5. The molecule has 0 bridgehead atoms. The lowest BCUT2D eigenvalue weighted by Crippen LogP contribution is -2.21. The molecule has 0 saturated carbocycles. The van der Waals surface area contributed by atoms with E-state index in [9.17, 15) is 4.39 Å². The van der Waals surface area contributed by atoms with Gasteiger partial charge in [0.05, 0.1) is 5.02 Å². The smallest absolute Gasteiger partial charge is 0.140 e. The van der Waals surface area contributed by atoms with E-state index in [4.69, 9.17) is 16.3 Å². The minimum absolute atomic E-state index is 0.359. The lowest BCUT2D eigenvalue weighted by molar-refractivity contribution is 0.312. The SMILES string of the molecule is CSc1ncccc1CNCCOc1cc(F)ccc1Cl. The molecule has 1 aromatic heterocycles. The largest absolute Gasteiger partial charge is 0.491 e. The summed E-state index contributed by atoms with van der Waals surface area (Å²) in [6.07, 6.45) is 3.78. The summed E-state index contributed by atoms with van der Waals surface area (Å²) >= 11 is 7.54. The summed E-state index contributed by atoms with van der Waals surface area (Å²) < 4.78 is 18.5. The Morgan fingerprint density at radius 1 is 1.38 bits per heavy atom. The van der Waals surface area contributed by atoms with Gasteiger partial charge in [-0.25, -0.2) is 9.37 Å². The number of halogens is 2. The molecular weight excluding hydrogens is 311 g/mol. The summed E-state index contributed by atoms with van der Waals surface area (Å²) in [5.74, 6) is 0.00646. The number of nitrogens with zero attached hydrogens (tertiary/aromatic N) is 1. The van der Waals surface area contributed by atoms with Crippen molar-refractivity contribution in [2.75, 3.05) is 19.4 Å². The summed E-state index contributed by atoms with van der Waals surface area (Å²) in [7, 11) is 0. The van der Waals surface area contributed by atoms with E-state index in [1.807, 2.05) is 18.4 Å². The van der Waals surface area contributed by atoms with Crippen LogP contribution in [0.25, 0.3) is 0 Å². The van der Waals surface area contributed by atoms with Gasteiger partial charge in [-0.1, -0.05) is 17.7 Å². The average molecular weight is 327 g/mol. The Balaban J connectivity index is 1.76. The molecule has 0 radical (unpaired) electrons. The van der Waals surface area contributed by atoms with E-state index in [1.165, 1.54) is 18.2 Å². The molecule has 3 nitrogen and oxygen atoms in total. The van der Waals surface area contributed by atoms with E-state index in [2.05, 4.69) is 10.3 Å². The molecule has 1 N–H and O–H groups in total. The van der Waals surface area contributed by atoms with Crippen molar-refractivity contribution < 1.29 is 9.13 Å². The van der Waals surface area contributed by atoms with Crippen molar-refractivity contribution >= 4 is 23.4 Å². The number of hydrogen-bond donors (Lipinski definition) is 1. The summed E-state index contributed by atoms with van der Waals surface area (Å²) in [6, 6.07) is 8.03. The van der Waals surface area contributed by atoms with Gasteiger partial charge < -0.3 is 10.1 Å².